The topological polar surface area (TPSA) is 43.6 Å². The third kappa shape index (κ3) is 1.36. The van der Waals surface area contributed by atoms with Crippen molar-refractivity contribution in [3.8, 4) is 5.82 Å². The highest BCUT2D eigenvalue weighted by Gasteiger charge is 1.99. The van der Waals surface area contributed by atoms with Crippen LogP contribution in [-0.4, -0.2) is 19.5 Å². The summed E-state index contributed by atoms with van der Waals surface area (Å²) in [5.74, 6) is 0.764. The van der Waals surface area contributed by atoms with Crippen LogP contribution in [0, 0.1) is 6.07 Å². The van der Waals surface area contributed by atoms with Gasteiger partial charge in [0.15, 0.2) is 5.82 Å². The van der Waals surface area contributed by atoms with E-state index >= 15 is 0 Å². The Balaban J connectivity index is 2.22. The van der Waals surface area contributed by atoms with Crippen LogP contribution < -0.4 is 0 Å². The lowest BCUT2D eigenvalue weighted by Gasteiger charge is -2.01. The lowest BCUT2D eigenvalue weighted by molar-refractivity contribution is 0.990. The van der Waals surface area contributed by atoms with Crippen molar-refractivity contribution in [1.82, 2.24) is 19.5 Å². The quantitative estimate of drug-likeness (QED) is 0.592. The van der Waals surface area contributed by atoms with E-state index in [-0.39, 0.29) is 0 Å². The van der Waals surface area contributed by atoms with Gasteiger partial charge < -0.3 is 0 Å². The normalized spacial score (nSPS) is 10.7. The standard InChI is InChI=1S/C11H7N4/c1-2-4-10-9(3-1)13-7-11(14-10)15-6-5-12-8-15/h1,3-8H. The number of nitrogens with zero attached hydrogens (tertiary/aromatic N) is 4. The maximum absolute atomic E-state index is 4.45. The minimum absolute atomic E-state index is 0.764. The molecule has 3 rings (SSSR count). The zero-order valence-corrected chi connectivity index (χ0v) is 7.83. The zero-order valence-electron chi connectivity index (χ0n) is 7.83. The van der Waals surface area contributed by atoms with E-state index in [1.165, 1.54) is 0 Å². The van der Waals surface area contributed by atoms with Crippen LogP contribution in [0.5, 0.6) is 0 Å². The van der Waals surface area contributed by atoms with Crippen molar-refractivity contribution in [2.45, 2.75) is 0 Å². The summed E-state index contributed by atoms with van der Waals surface area (Å²) >= 11 is 0. The Bertz CT molecular complexity index is 586. The van der Waals surface area contributed by atoms with Crippen LogP contribution in [0.25, 0.3) is 16.9 Å². The van der Waals surface area contributed by atoms with E-state index in [0.29, 0.717) is 0 Å². The summed E-state index contributed by atoms with van der Waals surface area (Å²) in [5, 5.41) is 0. The average Bonchev–Trinajstić information content (AvgIpc) is 2.82. The molecule has 2 heterocycles. The predicted octanol–water partition coefficient (Wildman–Crippen LogP) is 1.62. The summed E-state index contributed by atoms with van der Waals surface area (Å²) in [6.07, 6.45) is 6.97. The van der Waals surface area contributed by atoms with E-state index in [9.17, 15) is 0 Å². The monoisotopic (exact) mass is 195 g/mol. The summed E-state index contributed by atoms with van der Waals surface area (Å²) < 4.78 is 1.82. The Morgan fingerprint density at radius 1 is 1.27 bits per heavy atom. The van der Waals surface area contributed by atoms with Gasteiger partial charge in [0.2, 0.25) is 0 Å². The molecular formula is C11H7N4. The van der Waals surface area contributed by atoms with Crippen molar-refractivity contribution in [2.24, 2.45) is 0 Å². The van der Waals surface area contributed by atoms with Crippen molar-refractivity contribution >= 4 is 11.0 Å². The first-order valence-electron chi connectivity index (χ1n) is 4.55. The van der Waals surface area contributed by atoms with Crippen LogP contribution in [0.3, 0.4) is 0 Å². The lowest BCUT2D eigenvalue weighted by Crippen LogP contribution is -1.95. The molecule has 0 unspecified atom stereocenters. The van der Waals surface area contributed by atoms with Crippen molar-refractivity contribution in [2.75, 3.05) is 0 Å². The molecule has 0 saturated carbocycles. The van der Waals surface area contributed by atoms with Crippen molar-refractivity contribution in [3.05, 3.63) is 49.2 Å². The first-order chi connectivity index (χ1) is 7.43. The maximum Gasteiger partial charge on any atom is 0.157 e. The van der Waals surface area contributed by atoms with Gasteiger partial charge >= 0.3 is 0 Å². The molecule has 3 aromatic rings. The first-order valence-corrected chi connectivity index (χ1v) is 4.55. The molecule has 0 bridgehead atoms. The molecule has 0 saturated heterocycles. The second-order valence-electron chi connectivity index (χ2n) is 3.11. The summed E-state index contributed by atoms with van der Waals surface area (Å²) in [7, 11) is 0. The number of benzene rings is 1. The Kier molecular flexibility index (Phi) is 1.71. The third-order valence-corrected chi connectivity index (χ3v) is 2.14. The van der Waals surface area contributed by atoms with Crippen LogP contribution in [0.1, 0.15) is 0 Å². The van der Waals surface area contributed by atoms with E-state index in [4.69, 9.17) is 0 Å². The van der Waals surface area contributed by atoms with Gasteiger partial charge in [-0.15, -0.1) is 0 Å². The molecule has 0 aliphatic carbocycles. The van der Waals surface area contributed by atoms with Gasteiger partial charge in [-0.25, -0.2) is 9.97 Å². The van der Waals surface area contributed by atoms with Gasteiger partial charge in [-0.3, -0.25) is 9.55 Å². The first kappa shape index (κ1) is 8.11. The smallest absolute Gasteiger partial charge is 0.157 e. The third-order valence-electron chi connectivity index (χ3n) is 2.14. The van der Waals surface area contributed by atoms with Gasteiger partial charge in [0.25, 0.3) is 0 Å². The molecular weight excluding hydrogens is 188 g/mol. The van der Waals surface area contributed by atoms with Crippen molar-refractivity contribution < 1.29 is 0 Å². The van der Waals surface area contributed by atoms with E-state index in [1.807, 2.05) is 29.0 Å². The highest BCUT2D eigenvalue weighted by atomic mass is 15.1. The minimum atomic E-state index is 0.764. The SMILES string of the molecule is [c]1ccc2ncc(-n3ccnc3)nc2c1. The molecule has 0 aliphatic heterocycles. The molecule has 71 valence electrons. The van der Waals surface area contributed by atoms with Crippen molar-refractivity contribution in [3.63, 3.8) is 0 Å². The van der Waals surface area contributed by atoms with Crippen LogP contribution in [0.15, 0.2) is 43.1 Å². The molecule has 0 aliphatic rings. The zero-order chi connectivity index (χ0) is 10.1. The van der Waals surface area contributed by atoms with Crippen LogP contribution >= 0.6 is 0 Å². The maximum atomic E-state index is 4.45. The molecule has 0 fully saturated rings. The van der Waals surface area contributed by atoms with Gasteiger partial charge in [-0.2, -0.15) is 0 Å². The summed E-state index contributed by atoms with van der Waals surface area (Å²) in [5.41, 5.74) is 1.71. The van der Waals surface area contributed by atoms with Gasteiger partial charge in [0.1, 0.15) is 6.33 Å². The molecule has 0 N–H and O–H groups in total. The molecule has 0 atom stereocenters. The van der Waals surface area contributed by atoms with E-state index in [1.54, 1.807) is 18.7 Å². The Morgan fingerprint density at radius 2 is 2.27 bits per heavy atom. The Labute approximate surface area is 86.2 Å². The summed E-state index contributed by atoms with van der Waals surface area (Å²) in [4.78, 5) is 12.7. The molecule has 1 radical (unpaired) electrons. The van der Waals surface area contributed by atoms with E-state index < -0.39 is 0 Å². The fraction of sp³-hybridized carbons (Fsp3) is 0. The number of rotatable bonds is 1. The number of imidazole rings is 1. The van der Waals surface area contributed by atoms with E-state index in [0.717, 1.165) is 16.9 Å². The molecule has 0 spiro atoms. The van der Waals surface area contributed by atoms with Gasteiger partial charge in [0, 0.05) is 12.4 Å². The number of aromatic nitrogens is 4. The fourth-order valence-corrected chi connectivity index (χ4v) is 1.41. The van der Waals surface area contributed by atoms with Crippen LogP contribution in [-0.2, 0) is 0 Å². The highest BCUT2D eigenvalue weighted by molar-refractivity contribution is 5.74. The number of hydrogen-bond acceptors (Lipinski definition) is 3. The molecule has 1 aromatic carbocycles. The van der Waals surface area contributed by atoms with Gasteiger partial charge in [-0.05, 0) is 18.2 Å². The number of hydrogen-bond donors (Lipinski definition) is 0. The van der Waals surface area contributed by atoms with Crippen molar-refractivity contribution in [1.29, 1.82) is 0 Å². The van der Waals surface area contributed by atoms with Crippen LogP contribution in [0.2, 0.25) is 0 Å². The largest absolute Gasteiger partial charge is 0.289 e. The minimum Gasteiger partial charge on any atom is -0.289 e. The van der Waals surface area contributed by atoms with E-state index in [2.05, 4.69) is 21.0 Å². The Hall–Kier alpha value is -2.23. The Morgan fingerprint density at radius 3 is 3.13 bits per heavy atom. The molecule has 0 amide bonds. The summed E-state index contributed by atoms with van der Waals surface area (Å²) in [6.45, 7) is 0. The second kappa shape index (κ2) is 3.16. The lowest BCUT2D eigenvalue weighted by atomic mass is 10.3. The second-order valence-corrected chi connectivity index (χ2v) is 3.11. The number of fused-ring (bicyclic) bond motifs is 1. The highest BCUT2D eigenvalue weighted by Crippen LogP contribution is 2.10. The van der Waals surface area contributed by atoms with Gasteiger partial charge in [0.05, 0.1) is 17.2 Å². The molecule has 2 aromatic heterocycles. The molecule has 4 nitrogen and oxygen atoms in total. The predicted molar refractivity (Wildman–Crippen MR) is 55.5 cm³/mol. The molecule has 4 heteroatoms. The molecule has 15 heavy (non-hydrogen) atoms. The van der Waals surface area contributed by atoms with Gasteiger partial charge in [-0.1, -0.05) is 6.07 Å². The summed E-state index contributed by atoms with van der Waals surface area (Å²) in [6, 6.07) is 8.52. The fourth-order valence-electron chi connectivity index (χ4n) is 1.41. The van der Waals surface area contributed by atoms with Crippen LogP contribution in [0.4, 0.5) is 0 Å². The average molecular weight is 195 g/mol.